The molecular weight excluding hydrogens is 392 g/mol. The number of hydrogen-bond acceptors (Lipinski definition) is 6. The van der Waals surface area contributed by atoms with Crippen molar-refractivity contribution in [2.45, 2.75) is 45.7 Å². The molecule has 1 saturated heterocycles. The van der Waals surface area contributed by atoms with Crippen LogP contribution in [-0.4, -0.2) is 62.7 Å². The van der Waals surface area contributed by atoms with E-state index in [1.807, 2.05) is 17.9 Å². The summed E-state index contributed by atoms with van der Waals surface area (Å²) < 4.78 is 3.71. The molecule has 0 amide bonds. The van der Waals surface area contributed by atoms with Crippen molar-refractivity contribution in [3.05, 3.63) is 22.6 Å². The first-order valence-corrected chi connectivity index (χ1v) is 11.0. The van der Waals surface area contributed by atoms with Crippen LogP contribution in [0.25, 0.3) is 22.2 Å². The van der Waals surface area contributed by atoms with Crippen molar-refractivity contribution in [2.75, 3.05) is 37.8 Å². The molecule has 4 rings (SSSR count). The second-order valence-corrected chi connectivity index (χ2v) is 9.36. The number of rotatable bonds is 6. The van der Waals surface area contributed by atoms with E-state index in [4.69, 9.17) is 10.8 Å². The molecule has 0 bridgehead atoms. The summed E-state index contributed by atoms with van der Waals surface area (Å²) in [6, 6.07) is 2.61. The molecule has 3 aromatic rings. The van der Waals surface area contributed by atoms with Crippen molar-refractivity contribution >= 4 is 22.5 Å². The Morgan fingerprint density at radius 3 is 2.74 bits per heavy atom. The number of nitrogens with two attached hydrogens (primary N) is 1. The van der Waals surface area contributed by atoms with E-state index in [0.717, 1.165) is 30.2 Å². The Labute approximate surface area is 182 Å². The lowest BCUT2D eigenvalue weighted by Gasteiger charge is -2.28. The van der Waals surface area contributed by atoms with Crippen LogP contribution in [0.3, 0.4) is 0 Å². The predicted octanol–water partition coefficient (Wildman–Crippen LogP) is 2.45. The average Bonchev–Trinajstić information content (AvgIpc) is 3.40. The quantitative estimate of drug-likeness (QED) is 0.628. The first kappa shape index (κ1) is 21.4. The average molecular weight is 427 g/mol. The molecule has 0 spiro atoms. The Morgan fingerprint density at radius 1 is 1.32 bits per heavy atom. The topological polar surface area (TPSA) is 101 Å². The van der Waals surface area contributed by atoms with Crippen LogP contribution < -0.4 is 16.2 Å². The van der Waals surface area contributed by atoms with Gasteiger partial charge in [-0.2, -0.15) is 10.2 Å². The Hall–Kier alpha value is -2.81. The minimum absolute atomic E-state index is 0.0242. The van der Waals surface area contributed by atoms with Crippen molar-refractivity contribution in [1.82, 2.24) is 29.4 Å². The molecule has 2 atom stereocenters. The molecule has 9 heteroatoms. The monoisotopic (exact) mass is 426 g/mol. The number of aromatic nitrogens is 5. The maximum Gasteiger partial charge on any atom is 0.264 e. The van der Waals surface area contributed by atoms with Crippen molar-refractivity contribution in [3.63, 3.8) is 0 Å². The van der Waals surface area contributed by atoms with Crippen molar-refractivity contribution in [1.29, 1.82) is 0 Å². The van der Waals surface area contributed by atoms with Gasteiger partial charge < -0.3 is 20.1 Å². The summed E-state index contributed by atoms with van der Waals surface area (Å²) in [6.07, 6.45) is 4.26. The largest absolute Gasteiger partial charge is 0.382 e. The van der Waals surface area contributed by atoms with Gasteiger partial charge in [0.2, 0.25) is 0 Å². The van der Waals surface area contributed by atoms with Crippen LogP contribution in [0, 0.1) is 5.92 Å². The van der Waals surface area contributed by atoms with Gasteiger partial charge >= 0.3 is 0 Å². The standard InChI is InChI=1S/C22H34N8O/c1-13(2)14(3)30-12-16(20-19(22(30)31)21(23)25-24-20)17-10-18(28(6)26-17)29-9-7-8-15(29)11-27(4)5/h10,12-15H,7-9,11H2,1-6H3,(H3,23,24,25). The normalized spacial score (nSPS) is 18.1. The number of hydrogen-bond donors (Lipinski definition) is 2. The molecule has 168 valence electrons. The fraction of sp³-hybridized carbons (Fsp3) is 0.591. The smallest absolute Gasteiger partial charge is 0.264 e. The van der Waals surface area contributed by atoms with Crippen molar-refractivity contribution < 1.29 is 0 Å². The molecule has 9 nitrogen and oxygen atoms in total. The molecule has 1 fully saturated rings. The first-order valence-electron chi connectivity index (χ1n) is 11.0. The molecule has 1 aliphatic rings. The second-order valence-electron chi connectivity index (χ2n) is 9.36. The third kappa shape index (κ3) is 3.71. The number of fused-ring (bicyclic) bond motifs is 1. The number of aromatic amines is 1. The van der Waals surface area contributed by atoms with E-state index in [1.54, 1.807) is 4.57 Å². The lowest BCUT2D eigenvalue weighted by Crippen LogP contribution is -2.38. The summed E-state index contributed by atoms with van der Waals surface area (Å²) in [6.45, 7) is 8.30. The first-order chi connectivity index (χ1) is 14.7. The van der Waals surface area contributed by atoms with Gasteiger partial charge in [0.15, 0.2) is 5.82 Å². The molecule has 0 aliphatic carbocycles. The number of pyridine rings is 1. The van der Waals surface area contributed by atoms with Crippen LogP contribution in [0.15, 0.2) is 17.1 Å². The van der Waals surface area contributed by atoms with Crippen LogP contribution in [0.2, 0.25) is 0 Å². The summed E-state index contributed by atoms with van der Waals surface area (Å²) in [7, 11) is 6.21. The van der Waals surface area contributed by atoms with E-state index >= 15 is 0 Å². The minimum atomic E-state index is -0.118. The number of likely N-dealkylation sites (N-methyl/N-ethyl adjacent to an activating group) is 1. The number of aryl methyl sites for hydroxylation is 1. The highest BCUT2D eigenvalue weighted by molar-refractivity contribution is 5.97. The van der Waals surface area contributed by atoms with Gasteiger partial charge in [0.05, 0.1) is 11.2 Å². The fourth-order valence-corrected chi connectivity index (χ4v) is 4.58. The SMILES string of the molecule is CC(C)C(C)n1cc(-c2cc(N3CCCC3CN(C)C)n(C)n2)c2[nH]nc(N)c2c1=O. The van der Waals surface area contributed by atoms with Crippen LogP contribution >= 0.6 is 0 Å². The van der Waals surface area contributed by atoms with Gasteiger partial charge in [-0.25, -0.2) is 0 Å². The maximum atomic E-state index is 13.2. The zero-order valence-corrected chi connectivity index (χ0v) is 19.4. The third-order valence-corrected chi connectivity index (χ3v) is 6.56. The zero-order chi connectivity index (χ0) is 22.4. The predicted molar refractivity (Wildman–Crippen MR) is 125 cm³/mol. The van der Waals surface area contributed by atoms with Crippen molar-refractivity contribution in [2.24, 2.45) is 13.0 Å². The molecule has 31 heavy (non-hydrogen) atoms. The molecular formula is C22H34N8O. The molecule has 0 saturated carbocycles. The molecule has 0 radical (unpaired) electrons. The number of nitrogens with one attached hydrogen (secondary N) is 1. The van der Waals surface area contributed by atoms with Gasteiger partial charge in [-0.15, -0.1) is 0 Å². The third-order valence-electron chi connectivity index (χ3n) is 6.56. The molecule has 0 aromatic carbocycles. The summed E-state index contributed by atoms with van der Waals surface area (Å²) >= 11 is 0. The van der Waals surface area contributed by atoms with Gasteiger partial charge in [0.25, 0.3) is 5.56 Å². The minimum Gasteiger partial charge on any atom is -0.382 e. The van der Waals surface area contributed by atoms with Crippen molar-refractivity contribution in [3.8, 4) is 11.3 Å². The number of nitrogens with zero attached hydrogens (tertiary/aromatic N) is 6. The Morgan fingerprint density at radius 2 is 2.06 bits per heavy atom. The summed E-state index contributed by atoms with van der Waals surface area (Å²) in [5.41, 5.74) is 8.26. The fourth-order valence-electron chi connectivity index (χ4n) is 4.58. The van der Waals surface area contributed by atoms with Gasteiger partial charge in [-0.05, 0) is 39.8 Å². The van der Waals surface area contributed by atoms with E-state index in [0.29, 0.717) is 22.9 Å². The Balaban J connectivity index is 1.84. The highest BCUT2D eigenvalue weighted by atomic mass is 16.1. The van der Waals surface area contributed by atoms with Gasteiger partial charge in [0, 0.05) is 50.0 Å². The molecule has 2 unspecified atom stereocenters. The van der Waals surface area contributed by atoms with Gasteiger partial charge in [0.1, 0.15) is 11.2 Å². The van der Waals surface area contributed by atoms with Crippen LogP contribution in [0.4, 0.5) is 11.6 Å². The zero-order valence-electron chi connectivity index (χ0n) is 19.4. The molecule has 4 heterocycles. The molecule has 3 aromatic heterocycles. The summed E-state index contributed by atoms with van der Waals surface area (Å²) in [5.74, 6) is 1.62. The van der Waals surface area contributed by atoms with E-state index in [1.165, 1.54) is 12.8 Å². The van der Waals surface area contributed by atoms with E-state index in [-0.39, 0.29) is 17.4 Å². The number of nitrogen functional groups attached to an aromatic ring is 1. The van der Waals surface area contributed by atoms with E-state index < -0.39 is 0 Å². The van der Waals surface area contributed by atoms with Crippen LogP contribution in [0.5, 0.6) is 0 Å². The van der Waals surface area contributed by atoms with Crippen LogP contribution in [-0.2, 0) is 7.05 Å². The van der Waals surface area contributed by atoms with Gasteiger partial charge in [-0.1, -0.05) is 13.8 Å². The molecule has 1 aliphatic heterocycles. The Bertz CT molecular complexity index is 1140. The van der Waals surface area contributed by atoms with E-state index in [9.17, 15) is 4.79 Å². The van der Waals surface area contributed by atoms with E-state index in [2.05, 4.69) is 60.9 Å². The highest BCUT2D eigenvalue weighted by Gasteiger charge is 2.28. The second kappa shape index (κ2) is 8.03. The lowest BCUT2D eigenvalue weighted by molar-refractivity contribution is 0.370. The molecule has 3 N–H and O–H groups in total. The Kier molecular flexibility index (Phi) is 5.55. The number of anilines is 2. The highest BCUT2D eigenvalue weighted by Crippen LogP contribution is 2.33. The lowest BCUT2D eigenvalue weighted by atomic mass is 10.0. The maximum absolute atomic E-state index is 13.2. The number of H-pyrrole nitrogens is 1. The summed E-state index contributed by atoms with van der Waals surface area (Å²) in [4.78, 5) is 17.8. The summed E-state index contributed by atoms with van der Waals surface area (Å²) in [5, 5.41) is 12.4. The van der Waals surface area contributed by atoms with Crippen LogP contribution in [0.1, 0.15) is 39.7 Å². The van der Waals surface area contributed by atoms with Gasteiger partial charge in [-0.3, -0.25) is 14.6 Å².